The number of alkyl halides is 4. The summed E-state index contributed by atoms with van der Waals surface area (Å²) in [7, 11) is 0. The van der Waals surface area contributed by atoms with Crippen molar-refractivity contribution in [3.05, 3.63) is 10.2 Å². The second-order valence-corrected chi connectivity index (χ2v) is 3.09. The Morgan fingerprint density at radius 1 is 1.45 bits per heavy atom. The van der Waals surface area contributed by atoms with Crippen LogP contribution in [0.4, 0.5) is 17.6 Å². The van der Waals surface area contributed by atoms with Crippen LogP contribution in [0.15, 0.2) is 10.2 Å². The second-order valence-electron chi connectivity index (χ2n) is 1.15. The van der Waals surface area contributed by atoms with Gasteiger partial charge < -0.3 is 0 Å². The van der Waals surface area contributed by atoms with Gasteiger partial charge in [0.25, 0.3) is 6.08 Å². The van der Waals surface area contributed by atoms with Gasteiger partial charge in [-0.1, -0.05) is 22.6 Å². The van der Waals surface area contributed by atoms with Gasteiger partial charge in [-0.2, -0.15) is 17.6 Å². The van der Waals surface area contributed by atoms with E-state index in [9.17, 15) is 17.6 Å². The lowest BCUT2D eigenvalue weighted by Crippen LogP contribution is -2.05. The quantitative estimate of drug-likeness (QED) is 0.338. The number of halogens is 7. The molecule has 11 heavy (non-hydrogen) atoms. The summed E-state index contributed by atoms with van der Waals surface area (Å²) < 4.78 is 44.0. The van der Waals surface area contributed by atoms with Crippen molar-refractivity contribution in [2.75, 3.05) is 4.43 Å². The number of hydrogen-bond donors (Lipinski definition) is 0. The third-order valence-corrected chi connectivity index (χ3v) is 2.25. The summed E-state index contributed by atoms with van der Waals surface area (Å²) in [4.78, 5) is 0. The van der Waals surface area contributed by atoms with Crippen LogP contribution in [0.1, 0.15) is 0 Å². The highest BCUT2D eigenvalue weighted by atomic mass is 127. The Bertz CT molecular complexity index is 118. The van der Waals surface area contributed by atoms with E-state index in [0.717, 1.165) is 4.08 Å². The minimum absolute atomic E-state index is 0.327. The molecule has 0 N–H and O–H groups in total. The minimum atomic E-state index is -3.00. The molecule has 0 radical (unpaired) electrons. The fraction of sp³-hybridized carbons (Fsp3) is 0.500. The summed E-state index contributed by atoms with van der Waals surface area (Å²) in [5, 5.41) is -3.00. The minimum Gasteiger partial charge on any atom is -0.187 e. The molecule has 0 aliphatic rings. The van der Waals surface area contributed by atoms with E-state index in [-0.39, 0.29) is 4.43 Å². The average molecular weight is 416 g/mol. The van der Waals surface area contributed by atoms with Crippen LogP contribution in [0.25, 0.3) is 0 Å². The lowest BCUT2D eigenvalue weighted by molar-refractivity contribution is 0.128. The van der Waals surface area contributed by atoms with Crippen LogP contribution in [0.2, 0.25) is 0 Å². The monoisotopic (exact) mass is 416 g/mol. The molecule has 0 amide bonds. The van der Waals surface area contributed by atoms with E-state index >= 15 is 0 Å². The molecule has 0 fully saturated rings. The molecule has 0 atom stereocenters. The van der Waals surface area contributed by atoms with Crippen LogP contribution >= 0.6 is 56.8 Å². The van der Waals surface area contributed by atoms with Gasteiger partial charge in [0.2, 0.25) is 0 Å². The molecule has 0 unspecified atom stereocenters. The molecule has 0 rings (SSSR count). The third kappa shape index (κ3) is 24.7. The average Bonchev–Trinajstić information content (AvgIpc) is 1.88. The predicted octanol–water partition coefficient (Wildman–Crippen LogP) is 4.41. The zero-order chi connectivity index (χ0) is 9.49. The molecule has 0 saturated carbocycles. The maximum absolute atomic E-state index is 11.2. The summed E-state index contributed by atoms with van der Waals surface area (Å²) in [5.41, 5.74) is 0. The lowest BCUT2D eigenvalue weighted by atomic mass is 10.9. The van der Waals surface area contributed by atoms with Crippen LogP contribution in [0, 0.1) is 0 Å². The lowest BCUT2D eigenvalue weighted by Gasteiger charge is -1.97. The molecule has 68 valence electrons. The Morgan fingerprint density at radius 2 is 1.64 bits per heavy atom. The third-order valence-electron chi connectivity index (χ3n) is 0.234. The summed E-state index contributed by atoms with van der Waals surface area (Å²) in [6.07, 6.45) is -1.63. The predicted molar refractivity (Wildman–Crippen MR) is 54.0 cm³/mol. The van der Waals surface area contributed by atoms with Crippen LogP contribution in [-0.2, 0) is 0 Å². The Morgan fingerprint density at radius 3 is 1.64 bits per heavy atom. The molecule has 0 nitrogen and oxygen atoms in total. The molecule has 0 spiro atoms. The first-order valence-corrected chi connectivity index (χ1v) is 5.22. The maximum atomic E-state index is 11.2. The first-order valence-electron chi connectivity index (χ1n) is 2.07. The van der Waals surface area contributed by atoms with Gasteiger partial charge in [-0.25, -0.2) is 0 Å². The van der Waals surface area contributed by atoms with Gasteiger partial charge in [0.05, 0.1) is 4.43 Å². The van der Waals surface area contributed by atoms with Crippen molar-refractivity contribution in [3.8, 4) is 0 Å². The van der Waals surface area contributed by atoms with Gasteiger partial charge in [0, 0.05) is 4.08 Å². The Balaban J connectivity index is 0. The largest absolute Gasteiger partial charge is 0.330 e. The first-order chi connectivity index (χ1) is 4.83. The van der Waals surface area contributed by atoms with Gasteiger partial charge in [-0.3, -0.25) is 0 Å². The van der Waals surface area contributed by atoms with Gasteiger partial charge in [0.15, 0.2) is 0 Å². The van der Waals surface area contributed by atoms with Crippen molar-refractivity contribution < 1.29 is 17.6 Å². The number of rotatable bonds is 1. The van der Waals surface area contributed by atoms with Gasteiger partial charge in [-0.05, 0) is 34.2 Å². The van der Waals surface area contributed by atoms with E-state index in [2.05, 4.69) is 11.6 Å². The molecule has 0 aliphatic carbocycles. The van der Waals surface area contributed by atoms with E-state index < -0.39 is 11.5 Å². The van der Waals surface area contributed by atoms with Crippen molar-refractivity contribution in [2.45, 2.75) is 5.38 Å². The van der Waals surface area contributed by atoms with Crippen molar-refractivity contribution in [3.63, 3.8) is 0 Å². The van der Waals surface area contributed by atoms with E-state index in [1.165, 1.54) is 45.2 Å². The summed E-state index contributed by atoms with van der Waals surface area (Å²) in [6.45, 7) is 0. The van der Waals surface area contributed by atoms with Gasteiger partial charge in [0.1, 0.15) is 0 Å². The summed E-state index contributed by atoms with van der Waals surface area (Å²) in [5.74, 6) is 0. The SMILES string of the molecule is FC(F)(Cl)CI.FC(F)=CI. The molecule has 0 bridgehead atoms. The van der Waals surface area contributed by atoms with Crippen LogP contribution in [0.5, 0.6) is 0 Å². The fourth-order valence-corrected chi connectivity index (χ4v) is 0. The molecule has 0 heterocycles. The zero-order valence-corrected chi connectivity index (χ0v) is 10.0. The highest BCUT2D eigenvalue weighted by molar-refractivity contribution is 14.1. The van der Waals surface area contributed by atoms with E-state index in [1.54, 1.807) is 0 Å². The van der Waals surface area contributed by atoms with Crippen LogP contribution in [0.3, 0.4) is 0 Å². The van der Waals surface area contributed by atoms with Crippen molar-refractivity contribution in [1.82, 2.24) is 0 Å². The van der Waals surface area contributed by atoms with E-state index in [0.29, 0.717) is 0 Å². The smallest absolute Gasteiger partial charge is 0.187 e. The second kappa shape index (κ2) is 7.84. The Hall–Kier alpha value is 1.21. The molecule has 0 aliphatic heterocycles. The normalized spacial score (nSPS) is 9.73. The molecule has 0 aromatic heterocycles. The van der Waals surface area contributed by atoms with E-state index in [1.807, 2.05) is 0 Å². The molecular formula is C4H3ClF4I2. The number of hydrogen-bond acceptors (Lipinski definition) is 0. The first kappa shape index (κ1) is 14.7. The standard InChI is InChI=1S/C2H2ClF2I.C2HF2I/c3-2(4,5)1-6;3-2(4)1-5/h1H2;1H. The summed E-state index contributed by atoms with van der Waals surface area (Å²) >= 11 is 7.35. The topological polar surface area (TPSA) is 0 Å². The van der Waals surface area contributed by atoms with Gasteiger partial charge in [-0.15, -0.1) is 0 Å². The van der Waals surface area contributed by atoms with Crippen LogP contribution < -0.4 is 0 Å². The van der Waals surface area contributed by atoms with Crippen molar-refractivity contribution >= 4 is 56.8 Å². The highest BCUT2D eigenvalue weighted by Crippen LogP contribution is 2.20. The highest BCUT2D eigenvalue weighted by Gasteiger charge is 2.21. The van der Waals surface area contributed by atoms with Crippen molar-refractivity contribution in [2.24, 2.45) is 0 Å². The van der Waals surface area contributed by atoms with Gasteiger partial charge >= 0.3 is 5.38 Å². The molecule has 7 heteroatoms. The fourth-order valence-electron chi connectivity index (χ4n) is 0. The zero-order valence-electron chi connectivity index (χ0n) is 4.93. The van der Waals surface area contributed by atoms with Crippen LogP contribution in [-0.4, -0.2) is 9.81 Å². The Kier molecular flexibility index (Phi) is 10.5. The summed E-state index contributed by atoms with van der Waals surface area (Å²) in [6, 6.07) is 0. The van der Waals surface area contributed by atoms with Crippen molar-refractivity contribution in [1.29, 1.82) is 0 Å². The molecule has 0 saturated heterocycles. The molecular weight excluding hydrogens is 413 g/mol. The molecule has 0 aromatic rings. The Labute approximate surface area is 93.6 Å². The maximum Gasteiger partial charge on any atom is 0.330 e. The molecule has 0 aromatic carbocycles. The van der Waals surface area contributed by atoms with E-state index in [4.69, 9.17) is 0 Å².